The Morgan fingerprint density at radius 1 is 1.50 bits per heavy atom. The maximum Gasteiger partial charge on any atom is 0.0576 e. The summed E-state index contributed by atoms with van der Waals surface area (Å²) in [5.74, 6) is 1.08. The highest BCUT2D eigenvalue weighted by Crippen LogP contribution is 2.41. The van der Waals surface area contributed by atoms with E-state index in [9.17, 15) is 5.11 Å². The van der Waals surface area contributed by atoms with Crippen molar-refractivity contribution in [3.8, 4) is 0 Å². The molecule has 1 aliphatic carbocycles. The second-order valence-corrected chi connectivity index (χ2v) is 5.46. The van der Waals surface area contributed by atoms with E-state index in [-0.39, 0.29) is 11.5 Å². The number of rotatable bonds is 3. The third-order valence-corrected chi connectivity index (χ3v) is 3.63. The minimum absolute atomic E-state index is 0.135. The molecule has 1 aliphatic rings. The van der Waals surface area contributed by atoms with Gasteiger partial charge in [0.05, 0.1) is 12.7 Å². The van der Waals surface area contributed by atoms with Gasteiger partial charge in [0.2, 0.25) is 0 Å². The van der Waals surface area contributed by atoms with Gasteiger partial charge in [0.15, 0.2) is 0 Å². The fourth-order valence-electron chi connectivity index (χ4n) is 2.72. The molecule has 1 fully saturated rings. The van der Waals surface area contributed by atoms with Gasteiger partial charge < -0.3 is 9.84 Å². The molecule has 0 aromatic carbocycles. The fourth-order valence-corrected chi connectivity index (χ4v) is 2.72. The molecule has 0 radical (unpaired) electrons. The van der Waals surface area contributed by atoms with Gasteiger partial charge in [-0.15, -0.1) is 0 Å². The van der Waals surface area contributed by atoms with Crippen molar-refractivity contribution < 1.29 is 9.84 Å². The summed E-state index contributed by atoms with van der Waals surface area (Å²) in [7, 11) is 1.74. The average Bonchev–Trinajstić information content (AvgIpc) is 2.02. The molecule has 2 heteroatoms. The first kappa shape index (κ1) is 12.0. The van der Waals surface area contributed by atoms with Crippen molar-refractivity contribution in [2.45, 2.75) is 46.1 Å². The van der Waals surface area contributed by atoms with Crippen LogP contribution in [0, 0.1) is 17.3 Å². The Bertz CT molecular complexity index is 179. The van der Waals surface area contributed by atoms with Crippen LogP contribution in [0.5, 0.6) is 0 Å². The van der Waals surface area contributed by atoms with Gasteiger partial charge in [0, 0.05) is 7.11 Å². The summed E-state index contributed by atoms with van der Waals surface area (Å²) in [6.45, 7) is 7.39. The Labute approximate surface area is 87.7 Å². The molecule has 1 rings (SSSR count). The lowest BCUT2D eigenvalue weighted by molar-refractivity contribution is -0.0395. The van der Waals surface area contributed by atoms with Crippen LogP contribution in [0.1, 0.15) is 40.0 Å². The predicted molar refractivity (Wildman–Crippen MR) is 58.2 cm³/mol. The molecule has 0 spiro atoms. The molecular weight excluding hydrogens is 176 g/mol. The van der Waals surface area contributed by atoms with Crippen molar-refractivity contribution in [3.05, 3.63) is 0 Å². The molecule has 14 heavy (non-hydrogen) atoms. The lowest BCUT2D eigenvalue weighted by Crippen LogP contribution is -2.39. The van der Waals surface area contributed by atoms with E-state index in [1.807, 2.05) is 0 Å². The maximum atomic E-state index is 10.0. The van der Waals surface area contributed by atoms with Crippen LogP contribution < -0.4 is 0 Å². The highest BCUT2D eigenvalue weighted by molar-refractivity contribution is 4.88. The van der Waals surface area contributed by atoms with Crippen LogP contribution in [0.15, 0.2) is 0 Å². The normalized spacial score (nSPS) is 39.0. The van der Waals surface area contributed by atoms with E-state index in [2.05, 4.69) is 20.8 Å². The zero-order valence-electron chi connectivity index (χ0n) is 9.92. The lowest BCUT2D eigenvalue weighted by Gasteiger charge is -2.41. The predicted octanol–water partition coefficient (Wildman–Crippen LogP) is 2.46. The van der Waals surface area contributed by atoms with E-state index in [0.29, 0.717) is 11.8 Å². The zero-order valence-corrected chi connectivity index (χ0v) is 9.92. The number of methoxy groups -OCH3 is 1. The zero-order chi connectivity index (χ0) is 10.8. The second-order valence-electron chi connectivity index (χ2n) is 5.46. The summed E-state index contributed by atoms with van der Waals surface area (Å²) >= 11 is 0. The van der Waals surface area contributed by atoms with Crippen LogP contribution in [0.25, 0.3) is 0 Å². The average molecular weight is 200 g/mol. The first-order valence-corrected chi connectivity index (χ1v) is 5.65. The van der Waals surface area contributed by atoms with Gasteiger partial charge >= 0.3 is 0 Å². The minimum Gasteiger partial charge on any atom is -0.393 e. The van der Waals surface area contributed by atoms with Crippen LogP contribution >= 0.6 is 0 Å². The summed E-state index contributed by atoms with van der Waals surface area (Å²) in [6.07, 6.45) is 3.08. The Morgan fingerprint density at radius 3 is 2.57 bits per heavy atom. The molecule has 1 saturated carbocycles. The molecule has 0 aromatic heterocycles. The molecule has 1 N–H and O–H groups in total. The van der Waals surface area contributed by atoms with Crippen molar-refractivity contribution >= 4 is 0 Å². The van der Waals surface area contributed by atoms with Gasteiger partial charge in [-0.3, -0.25) is 0 Å². The van der Waals surface area contributed by atoms with Crippen molar-refractivity contribution in [1.82, 2.24) is 0 Å². The van der Waals surface area contributed by atoms with Gasteiger partial charge in [-0.2, -0.15) is 0 Å². The molecule has 0 aromatic rings. The van der Waals surface area contributed by atoms with Crippen LogP contribution in [0.4, 0.5) is 0 Å². The summed E-state index contributed by atoms with van der Waals surface area (Å²) in [5.41, 5.74) is 0.194. The lowest BCUT2D eigenvalue weighted by atomic mass is 9.68. The molecule has 84 valence electrons. The Kier molecular flexibility index (Phi) is 3.96. The van der Waals surface area contributed by atoms with Crippen molar-refractivity contribution in [1.29, 1.82) is 0 Å². The molecule has 0 aliphatic heterocycles. The van der Waals surface area contributed by atoms with Crippen LogP contribution in [0.2, 0.25) is 0 Å². The summed E-state index contributed by atoms with van der Waals surface area (Å²) < 4.78 is 5.22. The van der Waals surface area contributed by atoms with E-state index < -0.39 is 0 Å². The third kappa shape index (κ3) is 2.71. The first-order valence-electron chi connectivity index (χ1n) is 5.65. The van der Waals surface area contributed by atoms with Gasteiger partial charge in [-0.05, 0) is 36.5 Å². The smallest absolute Gasteiger partial charge is 0.0576 e. The van der Waals surface area contributed by atoms with E-state index >= 15 is 0 Å². The molecule has 0 bridgehead atoms. The van der Waals surface area contributed by atoms with Gasteiger partial charge in [0.1, 0.15) is 0 Å². The van der Waals surface area contributed by atoms with E-state index in [1.165, 1.54) is 6.42 Å². The summed E-state index contributed by atoms with van der Waals surface area (Å²) in [6, 6.07) is 0. The van der Waals surface area contributed by atoms with Crippen LogP contribution in [0.3, 0.4) is 0 Å². The Hall–Kier alpha value is -0.0800. The number of ether oxygens (including phenoxy) is 1. The first-order chi connectivity index (χ1) is 6.48. The quantitative estimate of drug-likeness (QED) is 0.758. The number of aliphatic hydroxyl groups excluding tert-OH is 1. The Morgan fingerprint density at radius 2 is 2.14 bits per heavy atom. The molecule has 2 nitrogen and oxygen atoms in total. The molecule has 0 amide bonds. The van der Waals surface area contributed by atoms with Gasteiger partial charge in [-0.25, -0.2) is 0 Å². The number of aliphatic hydroxyl groups is 1. The van der Waals surface area contributed by atoms with Crippen molar-refractivity contribution in [2.24, 2.45) is 17.3 Å². The Balaban J connectivity index is 2.53. The summed E-state index contributed by atoms with van der Waals surface area (Å²) in [5, 5.41) is 10.0. The minimum atomic E-state index is -0.135. The second kappa shape index (κ2) is 4.63. The molecule has 3 unspecified atom stereocenters. The number of hydrogen-bond donors (Lipinski definition) is 1. The van der Waals surface area contributed by atoms with E-state index in [4.69, 9.17) is 4.74 Å². The van der Waals surface area contributed by atoms with Crippen LogP contribution in [-0.4, -0.2) is 24.9 Å². The third-order valence-electron chi connectivity index (χ3n) is 3.63. The van der Waals surface area contributed by atoms with Crippen molar-refractivity contribution in [2.75, 3.05) is 13.7 Å². The van der Waals surface area contributed by atoms with E-state index in [0.717, 1.165) is 19.4 Å². The monoisotopic (exact) mass is 200 g/mol. The largest absolute Gasteiger partial charge is 0.393 e. The van der Waals surface area contributed by atoms with Gasteiger partial charge in [0.25, 0.3) is 0 Å². The molecule has 0 saturated heterocycles. The highest BCUT2D eigenvalue weighted by atomic mass is 16.5. The standard InChI is InChI=1S/C12H24O2/c1-9(2)10-5-6-12(3,8-14-4)7-11(10)13/h9-11,13H,5-8H2,1-4H3. The van der Waals surface area contributed by atoms with E-state index in [1.54, 1.807) is 7.11 Å². The SMILES string of the molecule is COCC1(C)CCC(C(C)C)C(O)C1. The van der Waals surface area contributed by atoms with Crippen molar-refractivity contribution in [3.63, 3.8) is 0 Å². The topological polar surface area (TPSA) is 29.5 Å². The highest BCUT2D eigenvalue weighted by Gasteiger charge is 2.37. The summed E-state index contributed by atoms with van der Waals surface area (Å²) in [4.78, 5) is 0. The number of hydrogen-bond acceptors (Lipinski definition) is 2. The molecule has 3 atom stereocenters. The molecule has 0 heterocycles. The fraction of sp³-hybridized carbons (Fsp3) is 1.00. The maximum absolute atomic E-state index is 10.0. The van der Waals surface area contributed by atoms with Gasteiger partial charge in [-0.1, -0.05) is 20.8 Å². The van der Waals surface area contributed by atoms with Crippen LogP contribution in [-0.2, 0) is 4.74 Å². The molecular formula is C12H24O2.